The number of nitrogens with one attached hydrogen (secondary N) is 1. The number of thioether (sulfide) groups is 1. The zero-order valence-corrected chi connectivity index (χ0v) is 13.2. The Hall–Kier alpha value is -1.87. The maximum atomic E-state index is 5.45. The predicted octanol–water partition coefficient (Wildman–Crippen LogP) is 4.98. The van der Waals surface area contributed by atoms with Crippen LogP contribution in [0.15, 0.2) is 66.1 Å². The minimum Gasteiger partial charge on any atom is -0.494 e. The summed E-state index contributed by atoms with van der Waals surface area (Å²) >= 11 is 1.79. The third-order valence-electron chi connectivity index (χ3n) is 2.96. The van der Waals surface area contributed by atoms with Gasteiger partial charge in [-0.1, -0.05) is 30.3 Å². The van der Waals surface area contributed by atoms with Gasteiger partial charge in [0.05, 0.1) is 6.61 Å². The standard InChI is InChI=1S/C18H21NOS/c1-3-13-21-18-8-6-5-7-17(18)19-14-15-9-11-16(12-10-15)20-4-2/h3,5-12,19H,1,4,13-14H2,2H3. The molecule has 0 aliphatic rings. The number of hydrogen-bond donors (Lipinski definition) is 1. The van der Waals surface area contributed by atoms with Crippen molar-refractivity contribution in [3.8, 4) is 5.75 Å². The minimum absolute atomic E-state index is 0.700. The van der Waals surface area contributed by atoms with Crippen LogP contribution >= 0.6 is 11.8 Å². The molecule has 1 N–H and O–H groups in total. The fourth-order valence-electron chi connectivity index (χ4n) is 1.95. The van der Waals surface area contributed by atoms with Crippen LogP contribution in [0.5, 0.6) is 5.75 Å². The Balaban J connectivity index is 1.97. The molecule has 0 heterocycles. The topological polar surface area (TPSA) is 21.3 Å². The zero-order valence-electron chi connectivity index (χ0n) is 12.3. The summed E-state index contributed by atoms with van der Waals surface area (Å²) in [6, 6.07) is 16.6. The van der Waals surface area contributed by atoms with E-state index in [2.05, 4.69) is 48.3 Å². The molecule has 0 aliphatic carbocycles. The minimum atomic E-state index is 0.700. The van der Waals surface area contributed by atoms with Crippen molar-refractivity contribution in [2.45, 2.75) is 18.4 Å². The van der Waals surface area contributed by atoms with Crippen molar-refractivity contribution in [2.24, 2.45) is 0 Å². The third-order valence-corrected chi connectivity index (χ3v) is 4.03. The Morgan fingerprint density at radius 3 is 2.62 bits per heavy atom. The molecular weight excluding hydrogens is 278 g/mol. The number of rotatable bonds is 8. The molecule has 0 fully saturated rings. The number of hydrogen-bond acceptors (Lipinski definition) is 3. The van der Waals surface area contributed by atoms with Crippen LogP contribution in [0.1, 0.15) is 12.5 Å². The molecule has 0 saturated heterocycles. The molecular formula is C18H21NOS. The van der Waals surface area contributed by atoms with Crippen LogP contribution in [0, 0.1) is 0 Å². The van der Waals surface area contributed by atoms with Crippen LogP contribution < -0.4 is 10.1 Å². The predicted molar refractivity (Wildman–Crippen MR) is 92.3 cm³/mol. The SMILES string of the molecule is C=CCSc1ccccc1NCc1ccc(OCC)cc1. The second kappa shape index (κ2) is 8.42. The highest BCUT2D eigenvalue weighted by Gasteiger charge is 2.01. The van der Waals surface area contributed by atoms with Gasteiger partial charge in [-0.3, -0.25) is 0 Å². The van der Waals surface area contributed by atoms with Gasteiger partial charge in [-0.15, -0.1) is 18.3 Å². The van der Waals surface area contributed by atoms with Gasteiger partial charge in [0, 0.05) is 22.9 Å². The van der Waals surface area contributed by atoms with Gasteiger partial charge < -0.3 is 10.1 Å². The van der Waals surface area contributed by atoms with Crippen molar-refractivity contribution in [2.75, 3.05) is 17.7 Å². The lowest BCUT2D eigenvalue weighted by atomic mass is 10.2. The zero-order chi connectivity index (χ0) is 14.9. The summed E-state index contributed by atoms with van der Waals surface area (Å²) in [5.74, 6) is 1.84. The molecule has 2 aromatic rings. The summed E-state index contributed by atoms with van der Waals surface area (Å²) in [6.07, 6.45) is 1.92. The van der Waals surface area contributed by atoms with Gasteiger partial charge in [-0.25, -0.2) is 0 Å². The van der Waals surface area contributed by atoms with Crippen LogP contribution in [-0.4, -0.2) is 12.4 Å². The van der Waals surface area contributed by atoms with E-state index in [9.17, 15) is 0 Å². The molecule has 0 saturated carbocycles. The number of anilines is 1. The summed E-state index contributed by atoms with van der Waals surface area (Å²) in [4.78, 5) is 1.25. The van der Waals surface area contributed by atoms with Crippen molar-refractivity contribution < 1.29 is 4.74 Å². The lowest BCUT2D eigenvalue weighted by molar-refractivity contribution is 0.340. The number of para-hydroxylation sites is 1. The van der Waals surface area contributed by atoms with Gasteiger partial charge in [0.15, 0.2) is 0 Å². The van der Waals surface area contributed by atoms with Crippen molar-refractivity contribution in [1.82, 2.24) is 0 Å². The van der Waals surface area contributed by atoms with Crippen molar-refractivity contribution >= 4 is 17.4 Å². The first-order valence-electron chi connectivity index (χ1n) is 7.12. The van der Waals surface area contributed by atoms with E-state index in [-0.39, 0.29) is 0 Å². The van der Waals surface area contributed by atoms with Crippen LogP contribution in [0.4, 0.5) is 5.69 Å². The monoisotopic (exact) mass is 299 g/mol. The quantitative estimate of drug-likeness (QED) is 0.549. The summed E-state index contributed by atoms with van der Waals surface area (Å²) in [7, 11) is 0. The molecule has 21 heavy (non-hydrogen) atoms. The second-order valence-electron chi connectivity index (χ2n) is 4.53. The Kier molecular flexibility index (Phi) is 6.22. The molecule has 110 valence electrons. The molecule has 2 nitrogen and oxygen atoms in total. The Bertz CT molecular complexity index is 566. The third kappa shape index (κ3) is 4.87. The van der Waals surface area contributed by atoms with Crippen molar-refractivity contribution in [3.05, 3.63) is 66.7 Å². The molecule has 0 bridgehead atoms. The maximum Gasteiger partial charge on any atom is 0.119 e. The lowest BCUT2D eigenvalue weighted by Gasteiger charge is -2.11. The fraction of sp³-hybridized carbons (Fsp3) is 0.222. The summed E-state index contributed by atoms with van der Waals surface area (Å²) < 4.78 is 5.45. The highest BCUT2D eigenvalue weighted by atomic mass is 32.2. The van der Waals surface area contributed by atoms with Gasteiger partial charge in [-0.2, -0.15) is 0 Å². The summed E-state index contributed by atoms with van der Waals surface area (Å²) in [6.45, 7) is 7.27. The van der Waals surface area contributed by atoms with E-state index < -0.39 is 0 Å². The van der Waals surface area contributed by atoms with Gasteiger partial charge >= 0.3 is 0 Å². The molecule has 2 rings (SSSR count). The van der Waals surface area contributed by atoms with Gasteiger partial charge in [0.25, 0.3) is 0 Å². The van der Waals surface area contributed by atoms with Crippen molar-refractivity contribution in [1.29, 1.82) is 0 Å². The van der Waals surface area contributed by atoms with Gasteiger partial charge in [0.2, 0.25) is 0 Å². The largest absolute Gasteiger partial charge is 0.494 e. The van der Waals surface area contributed by atoms with E-state index in [4.69, 9.17) is 4.74 Å². The van der Waals surface area contributed by atoms with E-state index >= 15 is 0 Å². The average molecular weight is 299 g/mol. The first kappa shape index (κ1) is 15.5. The second-order valence-corrected chi connectivity index (χ2v) is 5.59. The van der Waals surface area contributed by atoms with Crippen LogP contribution in [-0.2, 0) is 6.54 Å². The van der Waals surface area contributed by atoms with Gasteiger partial charge in [0.1, 0.15) is 5.75 Å². The van der Waals surface area contributed by atoms with E-state index in [0.29, 0.717) is 6.61 Å². The lowest BCUT2D eigenvalue weighted by Crippen LogP contribution is -2.01. The van der Waals surface area contributed by atoms with E-state index in [1.807, 2.05) is 25.1 Å². The van der Waals surface area contributed by atoms with Crippen LogP contribution in [0.3, 0.4) is 0 Å². The van der Waals surface area contributed by atoms with E-state index in [0.717, 1.165) is 18.0 Å². The molecule has 0 amide bonds. The molecule has 0 radical (unpaired) electrons. The molecule has 0 unspecified atom stereocenters. The highest BCUT2D eigenvalue weighted by molar-refractivity contribution is 7.99. The molecule has 0 aliphatic heterocycles. The Morgan fingerprint density at radius 2 is 1.90 bits per heavy atom. The van der Waals surface area contributed by atoms with Crippen LogP contribution in [0.2, 0.25) is 0 Å². The molecule has 0 atom stereocenters. The van der Waals surface area contributed by atoms with Gasteiger partial charge in [-0.05, 0) is 36.8 Å². The summed E-state index contributed by atoms with van der Waals surface area (Å²) in [5, 5.41) is 3.49. The normalized spacial score (nSPS) is 10.1. The van der Waals surface area contributed by atoms with E-state index in [1.54, 1.807) is 11.8 Å². The molecule has 0 spiro atoms. The molecule has 2 aromatic carbocycles. The average Bonchev–Trinajstić information content (AvgIpc) is 2.53. The smallest absolute Gasteiger partial charge is 0.119 e. The Labute approximate surface area is 131 Å². The van der Waals surface area contributed by atoms with Crippen molar-refractivity contribution in [3.63, 3.8) is 0 Å². The van der Waals surface area contributed by atoms with Crippen LogP contribution in [0.25, 0.3) is 0 Å². The summed E-state index contributed by atoms with van der Waals surface area (Å²) in [5.41, 5.74) is 2.40. The molecule has 0 aromatic heterocycles. The molecule has 3 heteroatoms. The maximum absolute atomic E-state index is 5.45. The number of ether oxygens (including phenoxy) is 1. The highest BCUT2D eigenvalue weighted by Crippen LogP contribution is 2.27. The first-order chi connectivity index (χ1) is 10.3. The number of benzene rings is 2. The first-order valence-corrected chi connectivity index (χ1v) is 8.10. The fourth-order valence-corrected chi connectivity index (χ4v) is 2.72. The Morgan fingerprint density at radius 1 is 1.14 bits per heavy atom. The van der Waals surface area contributed by atoms with E-state index in [1.165, 1.54) is 16.1 Å².